The fourth-order valence-electron chi connectivity index (χ4n) is 2.09. The molecule has 0 aromatic rings. The Morgan fingerprint density at radius 1 is 1.42 bits per heavy atom. The zero-order valence-electron chi connectivity index (χ0n) is 13.5. The van der Waals surface area contributed by atoms with Crippen molar-refractivity contribution < 1.29 is 0 Å². The maximum atomic E-state index is 4.61. The first kappa shape index (κ1) is 16.8. The summed E-state index contributed by atoms with van der Waals surface area (Å²) in [7, 11) is 2.19. The Labute approximate surface area is 123 Å². The fourth-order valence-corrected chi connectivity index (χ4v) is 3.47. The van der Waals surface area contributed by atoms with E-state index < -0.39 is 0 Å². The van der Waals surface area contributed by atoms with Gasteiger partial charge < -0.3 is 10.2 Å². The zero-order valence-corrected chi connectivity index (χ0v) is 14.3. The number of aliphatic imine (C=N–C) groups is 1. The highest BCUT2D eigenvalue weighted by Gasteiger charge is 2.24. The number of nitrogens with zero attached hydrogens (tertiary/aromatic N) is 2. The monoisotopic (exact) mass is 285 g/mol. The SMILES string of the molecule is CC(C)N(C)CCCNC1=NCC(CC(C)(C)C)S1. The second-order valence-corrected chi connectivity index (χ2v) is 8.29. The maximum Gasteiger partial charge on any atom is 0.156 e. The van der Waals surface area contributed by atoms with E-state index in [1.807, 2.05) is 11.8 Å². The molecule has 0 saturated carbocycles. The Hall–Kier alpha value is -0.220. The van der Waals surface area contributed by atoms with Gasteiger partial charge in [0.05, 0.1) is 6.54 Å². The van der Waals surface area contributed by atoms with Crippen LogP contribution in [0.4, 0.5) is 0 Å². The van der Waals surface area contributed by atoms with Gasteiger partial charge in [-0.2, -0.15) is 0 Å². The largest absolute Gasteiger partial charge is 0.365 e. The lowest BCUT2D eigenvalue weighted by molar-refractivity contribution is 0.271. The minimum absolute atomic E-state index is 0.405. The van der Waals surface area contributed by atoms with Crippen molar-refractivity contribution in [1.82, 2.24) is 10.2 Å². The third kappa shape index (κ3) is 7.21. The van der Waals surface area contributed by atoms with Crippen LogP contribution in [0.1, 0.15) is 47.5 Å². The Bertz CT molecular complexity index is 294. The summed E-state index contributed by atoms with van der Waals surface area (Å²) < 4.78 is 0. The lowest BCUT2D eigenvalue weighted by Gasteiger charge is -2.22. The summed E-state index contributed by atoms with van der Waals surface area (Å²) in [6.07, 6.45) is 2.42. The van der Waals surface area contributed by atoms with Crippen LogP contribution in [0.25, 0.3) is 0 Å². The van der Waals surface area contributed by atoms with Gasteiger partial charge in [-0.05, 0) is 45.7 Å². The van der Waals surface area contributed by atoms with E-state index in [4.69, 9.17) is 0 Å². The molecule has 0 fully saturated rings. The molecule has 1 N–H and O–H groups in total. The van der Waals surface area contributed by atoms with Crippen molar-refractivity contribution in [1.29, 1.82) is 0 Å². The van der Waals surface area contributed by atoms with Crippen molar-refractivity contribution >= 4 is 16.9 Å². The van der Waals surface area contributed by atoms with Gasteiger partial charge in [-0.1, -0.05) is 32.5 Å². The minimum atomic E-state index is 0.405. The van der Waals surface area contributed by atoms with E-state index in [9.17, 15) is 0 Å². The number of nitrogens with one attached hydrogen (secondary N) is 1. The summed E-state index contributed by atoms with van der Waals surface area (Å²) >= 11 is 1.93. The van der Waals surface area contributed by atoms with Crippen LogP contribution in [-0.4, -0.2) is 48.0 Å². The van der Waals surface area contributed by atoms with Crippen LogP contribution in [-0.2, 0) is 0 Å². The van der Waals surface area contributed by atoms with E-state index in [1.54, 1.807) is 0 Å². The molecule has 0 bridgehead atoms. The normalized spacial score (nSPS) is 20.2. The van der Waals surface area contributed by atoms with E-state index in [1.165, 1.54) is 12.8 Å². The third-order valence-electron chi connectivity index (χ3n) is 3.40. The van der Waals surface area contributed by atoms with Crippen LogP contribution >= 0.6 is 11.8 Å². The molecule has 1 aliphatic rings. The molecule has 19 heavy (non-hydrogen) atoms. The number of rotatable bonds is 6. The number of thioether (sulfide) groups is 1. The van der Waals surface area contributed by atoms with Crippen LogP contribution in [0.3, 0.4) is 0 Å². The van der Waals surface area contributed by atoms with Gasteiger partial charge in [0.15, 0.2) is 5.17 Å². The second kappa shape index (κ2) is 7.53. The van der Waals surface area contributed by atoms with Crippen LogP contribution < -0.4 is 5.32 Å². The second-order valence-electron chi connectivity index (χ2n) is 7.01. The standard InChI is InChI=1S/C15H31N3S/c1-12(2)18(6)9-7-8-16-14-17-11-13(19-14)10-15(3,4)5/h12-13H,7-11H2,1-6H3,(H,16,17). The Morgan fingerprint density at radius 3 is 2.68 bits per heavy atom. The van der Waals surface area contributed by atoms with E-state index in [0.29, 0.717) is 16.7 Å². The maximum absolute atomic E-state index is 4.61. The number of amidine groups is 1. The summed E-state index contributed by atoms with van der Waals surface area (Å²) in [5, 5.41) is 5.30. The van der Waals surface area contributed by atoms with Gasteiger partial charge in [-0.3, -0.25) is 4.99 Å². The summed E-state index contributed by atoms with van der Waals surface area (Å²) in [6.45, 7) is 14.6. The van der Waals surface area contributed by atoms with Crippen molar-refractivity contribution in [3.8, 4) is 0 Å². The van der Waals surface area contributed by atoms with Gasteiger partial charge in [0.1, 0.15) is 0 Å². The summed E-state index contributed by atoms with van der Waals surface area (Å²) in [6, 6.07) is 0.634. The first-order chi connectivity index (χ1) is 8.78. The molecule has 0 amide bonds. The van der Waals surface area contributed by atoms with Gasteiger partial charge in [0.25, 0.3) is 0 Å². The lowest BCUT2D eigenvalue weighted by atomic mass is 9.90. The predicted molar refractivity (Wildman–Crippen MR) is 88.1 cm³/mol. The highest BCUT2D eigenvalue weighted by molar-refractivity contribution is 8.14. The molecule has 0 aromatic carbocycles. The van der Waals surface area contributed by atoms with Crippen LogP contribution in [0.15, 0.2) is 4.99 Å². The quantitative estimate of drug-likeness (QED) is 0.759. The zero-order chi connectivity index (χ0) is 14.5. The van der Waals surface area contributed by atoms with E-state index in [-0.39, 0.29) is 0 Å². The average Bonchev–Trinajstić information content (AvgIpc) is 2.69. The molecule has 3 nitrogen and oxygen atoms in total. The van der Waals surface area contributed by atoms with Gasteiger partial charge in [0.2, 0.25) is 0 Å². The highest BCUT2D eigenvalue weighted by Crippen LogP contribution is 2.31. The summed E-state index contributed by atoms with van der Waals surface area (Å²) in [4.78, 5) is 6.99. The molecular formula is C15H31N3S. The first-order valence-electron chi connectivity index (χ1n) is 7.43. The van der Waals surface area contributed by atoms with E-state index >= 15 is 0 Å². The van der Waals surface area contributed by atoms with Crippen LogP contribution in [0, 0.1) is 5.41 Å². The molecule has 112 valence electrons. The van der Waals surface area contributed by atoms with Crippen molar-refractivity contribution in [3.05, 3.63) is 0 Å². The summed E-state index contributed by atoms with van der Waals surface area (Å²) in [5.74, 6) is 0. The van der Waals surface area contributed by atoms with Crippen molar-refractivity contribution in [3.63, 3.8) is 0 Å². The van der Waals surface area contributed by atoms with Gasteiger partial charge in [0, 0.05) is 17.8 Å². The summed E-state index contributed by atoms with van der Waals surface area (Å²) in [5.41, 5.74) is 0.405. The molecule has 0 saturated heterocycles. The van der Waals surface area contributed by atoms with E-state index in [2.05, 4.69) is 56.9 Å². The molecule has 0 aliphatic carbocycles. The van der Waals surface area contributed by atoms with E-state index in [0.717, 1.165) is 24.8 Å². The number of hydrogen-bond acceptors (Lipinski definition) is 4. The fraction of sp³-hybridized carbons (Fsp3) is 0.933. The van der Waals surface area contributed by atoms with Crippen LogP contribution in [0.2, 0.25) is 0 Å². The molecule has 1 rings (SSSR count). The Kier molecular flexibility index (Phi) is 6.67. The van der Waals surface area contributed by atoms with Gasteiger partial charge in [-0.15, -0.1) is 0 Å². The molecule has 1 aliphatic heterocycles. The smallest absolute Gasteiger partial charge is 0.156 e. The van der Waals surface area contributed by atoms with Crippen LogP contribution in [0.5, 0.6) is 0 Å². The molecule has 1 atom stereocenters. The molecule has 1 heterocycles. The highest BCUT2D eigenvalue weighted by atomic mass is 32.2. The van der Waals surface area contributed by atoms with Crippen molar-refractivity contribution in [2.24, 2.45) is 10.4 Å². The number of hydrogen-bond donors (Lipinski definition) is 1. The van der Waals surface area contributed by atoms with Gasteiger partial charge in [-0.25, -0.2) is 0 Å². The predicted octanol–water partition coefficient (Wildman–Crippen LogP) is 3.21. The first-order valence-corrected chi connectivity index (χ1v) is 8.31. The molecule has 1 unspecified atom stereocenters. The lowest BCUT2D eigenvalue weighted by Crippen LogP contribution is -2.30. The molecule has 4 heteroatoms. The van der Waals surface area contributed by atoms with Crippen molar-refractivity contribution in [2.45, 2.75) is 58.8 Å². The minimum Gasteiger partial charge on any atom is -0.365 e. The average molecular weight is 286 g/mol. The topological polar surface area (TPSA) is 27.6 Å². The van der Waals surface area contributed by atoms with Gasteiger partial charge >= 0.3 is 0 Å². The Balaban J connectivity index is 2.12. The Morgan fingerprint density at radius 2 is 2.11 bits per heavy atom. The molecule has 0 spiro atoms. The third-order valence-corrected chi connectivity index (χ3v) is 4.55. The molecule has 0 radical (unpaired) electrons. The molecular weight excluding hydrogens is 254 g/mol. The van der Waals surface area contributed by atoms with Crippen molar-refractivity contribution in [2.75, 3.05) is 26.7 Å². The molecule has 0 aromatic heterocycles.